The van der Waals surface area contributed by atoms with Gasteiger partial charge < -0.3 is 10.0 Å². The van der Waals surface area contributed by atoms with Crippen LogP contribution in [0.15, 0.2) is 18.3 Å². The summed E-state index contributed by atoms with van der Waals surface area (Å²) >= 11 is 0. The molecule has 2 rings (SSSR count). The topological polar surface area (TPSA) is 70.5 Å². The third kappa shape index (κ3) is 2.11. The predicted octanol–water partition coefficient (Wildman–Crippen LogP) is 0.766. The van der Waals surface area contributed by atoms with Crippen LogP contribution in [0.2, 0.25) is 0 Å². The van der Waals surface area contributed by atoms with Crippen molar-refractivity contribution in [1.82, 2.24) is 4.98 Å². The summed E-state index contributed by atoms with van der Waals surface area (Å²) in [6.07, 6.45) is 6.96. The van der Waals surface area contributed by atoms with Crippen molar-refractivity contribution in [2.24, 2.45) is 5.92 Å². The molecule has 0 spiro atoms. The van der Waals surface area contributed by atoms with Gasteiger partial charge in [0, 0.05) is 30.8 Å². The number of pyridine rings is 1. The van der Waals surface area contributed by atoms with Gasteiger partial charge in [0.25, 0.3) is 0 Å². The SMILES string of the molecule is C#CC1CC(=O)N(c2ccnc(C(=O)O)c2)C1. The van der Waals surface area contributed by atoms with Gasteiger partial charge in [-0.3, -0.25) is 4.79 Å². The smallest absolute Gasteiger partial charge is 0.354 e. The van der Waals surface area contributed by atoms with Gasteiger partial charge in [-0.15, -0.1) is 12.3 Å². The second kappa shape index (κ2) is 4.26. The van der Waals surface area contributed by atoms with E-state index in [1.54, 1.807) is 6.07 Å². The third-order valence-electron chi connectivity index (χ3n) is 2.64. The van der Waals surface area contributed by atoms with Crippen LogP contribution in [0.5, 0.6) is 0 Å². The van der Waals surface area contributed by atoms with Crippen LogP contribution in [-0.4, -0.2) is 28.5 Å². The highest BCUT2D eigenvalue weighted by Crippen LogP contribution is 2.24. The van der Waals surface area contributed by atoms with Crippen LogP contribution in [0.25, 0.3) is 0 Å². The average molecular weight is 230 g/mol. The first-order valence-corrected chi connectivity index (χ1v) is 5.07. The molecule has 1 unspecified atom stereocenters. The summed E-state index contributed by atoms with van der Waals surface area (Å²) in [4.78, 5) is 27.7. The highest BCUT2D eigenvalue weighted by atomic mass is 16.4. The highest BCUT2D eigenvalue weighted by Gasteiger charge is 2.29. The maximum atomic E-state index is 11.7. The Kier molecular flexibility index (Phi) is 2.79. The largest absolute Gasteiger partial charge is 0.477 e. The first-order chi connectivity index (χ1) is 8.11. The summed E-state index contributed by atoms with van der Waals surface area (Å²) in [5.74, 6) is 1.22. The zero-order valence-electron chi connectivity index (χ0n) is 8.96. The van der Waals surface area contributed by atoms with E-state index in [2.05, 4.69) is 10.9 Å². The Bertz CT molecular complexity index is 519. The number of hydrogen-bond donors (Lipinski definition) is 1. The number of hydrogen-bond acceptors (Lipinski definition) is 3. The lowest BCUT2D eigenvalue weighted by Crippen LogP contribution is -2.24. The number of aromatic carboxylic acids is 1. The van der Waals surface area contributed by atoms with Gasteiger partial charge in [0.15, 0.2) is 0 Å². The quantitative estimate of drug-likeness (QED) is 0.762. The minimum absolute atomic E-state index is 0.0838. The van der Waals surface area contributed by atoms with E-state index in [9.17, 15) is 9.59 Å². The maximum absolute atomic E-state index is 11.7. The van der Waals surface area contributed by atoms with Crippen molar-refractivity contribution >= 4 is 17.6 Å². The molecule has 1 aromatic heterocycles. The molecule has 17 heavy (non-hydrogen) atoms. The maximum Gasteiger partial charge on any atom is 0.354 e. The van der Waals surface area contributed by atoms with E-state index in [1.807, 2.05) is 0 Å². The number of anilines is 1. The molecule has 1 N–H and O–H groups in total. The van der Waals surface area contributed by atoms with Gasteiger partial charge in [-0.25, -0.2) is 9.78 Å². The second-order valence-electron chi connectivity index (χ2n) is 3.78. The van der Waals surface area contributed by atoms with Crippen LogP contribution in [-0.2, 0) is 4.79 Å². The van der Waals surface area contributed by atoms with Gasteiger partial charge >= 0.3 is 5.97 Å². The summed E-state index contributed by atoms with van der Waals surface area (Å²) in [6.45, 7) is 0.429. The zero-order valence-corrected chi connectivity index (χ0v) is 8.96. The number of amides is 1. The van der Waals surface area contributed by atoms with E-state index in [4.69, 9.17) is 11.5 Å². The summed E-state index contributed by atoms with van der Waals surface area (Å²) in [6, 6.07) is 2.97. The molecule has 1 amide bonds. The molecular formula is C12H10N2O3. The molecule has 0 bridgehead atoms. The molecule has 1 aliphatic heterocycles. The number of terminal acetylenes is 1. The molecule has 0 aromatic carbocycles. The molecule has 1 atom stereocenters. The van der Waals surface area contributed by atoms with Crippen molar-refractivity contribution in [2.75, 3.05) is 11.4 Å². The van der Waals surface area contributed by atoms with E-state index >= 15 is 0 Å². The lowest BCUT2D eigenvalue weighted by molar-refractivity contribution is -0.117. The summed E-state index contributed by atoms with van der Waals surface area (Å²) in [7, 11) is 0. The Morgan fingerprint density at radius 3 is 3.00 bits per heavy atom. The van der Waals surface area contributed by atoms with Crippen molar-refractivity contribution in [2.45, 2.75) is 6.42 Å². The van der Waals surface area contributed by atoms with Crippen molar-refractivity contribution in [3.63, 3.8) is 0 Å². The standard InChI is InChI=1S/C12H10N2O3/c1-2-8-5-11(15)14(7-8)9-3-4-13-10(6-9)12(16)17/h1,3-4,6,8H,5,7H2,(H,16,17). The molecular weight excluding hydrogens is 220 g/mol. The van der Waals surface area contributed by atoms with Crippen molar-refractivity contribution in [3.05, 3.63) is 24.0 Å². The van der Waals surface area contributed by atoms with E-state index in [1.165, 1.54) is 17.2 Å². The number of aromatic nitrogens is 1. The average Bonchev–Trinajstić information content (AvgIpc) is 2.71. The lowest BCUT2D eigenvalue weighted by Gasteiger charge is -2.15. The Labute approximate surface area is 98.1 Å². The van der Waals surface area contributed by atoms with Crippen molar-refractivity contribution in [1.29, 1.82) is 0 Å². The Morgan fingerprint density at radius 1 is 1.65 bits per heavy atom. The van der Waals surface area contributed by atoms with Gasteiger partial charge in [-0.1, -0.05) is 0 Å². The third-order valence-corrected chi connectivity index (χ3v) is 2.64. The molecule has 2 heterocycles. The fourth-order valence-corrected chi connectivity index (χ4v) is 1.77. The van der Waals surface area contributed by atoms with E-state index in [0.29, 0.717) is 18.7 Å². The minimum Gasteiger partial charge on any atom is -0.477 e. The van der Waals surface area contributed by atoms with Gasteiger partial charge in [0.2, 0.25) is 5.91 Å². The van der Waals surface area contributed by atoms with Crippen molar-refractivity contribution in [3.8, 4) is 12.3 Å². The van der Waals surface area contributed by atoms with Crippen LogP contribution >= 0.6 is 0 Å². The monoisotopic (exact) mass is 230 g/mol. The Hall–Kier alpha value is -2.35. The minimum atomic E-state index is -1.12. The second-order valence-corrected chi connectivity index (χ2v) is 3.78. The summed E-state index contributed by atoms with van der Waals surface area (Å²) < 4.78 is 0. The first kappa shape index (κ1) is 11.1. The normalized spacial score (nSPS) is 19.1. The fraction of sp³-hybridized carbons (Fsp3) is 0.250. The fourth-order valence-electron chi connectivity index (χ4n) is 1.77. The number of carboxylic acids is 1. The highest BCUT2D eigenvalue weighted by molar-refractivity contribution is 5.97. The molecule has 0 saturated carbocycles. The van der Waals surface area contributed by atoms with Crippen LogP contribution in [0.3, 0.4) is 0 Å². The lowest BCUT2D eigenvalue weighted by atomic mass is 10.1. The molecule has 1 aromatic rings. The van der Waals surface area contributed by atoms with E-state index in [-0.39, 0.29) is 17.5 Å². The van der Waals surface area contributed by atoms with Crippen LogP contribution < -0.4 is 4.90 Å². The molecule has 5 nitrogen and oxygen atoms in total. The number of rotatable bonds is 2. The van der Waals surface area contributed by atoms with Gasteiger partial charge in [0.1, 0.15) is 5.69 Å². The van der Waals surface area contributed by atoms with E-state index < -0.39 is 5.97 Å². The van der Waals surface area contributed by atoms with Crippen LogP contribution in [0.1, 0.15) is 16.9 Å². The zero-order chi connectivity index (χ0) is 12.4. The van der Waals surface area contributed by atoms with Crippen LogP contribution in [0, 0.1) is 18.3 Å². The van der Waals surface area contributed by atoms with Gasteiger partial charge in [-0.05, 0) is 12.1 Å². The number of nitrogens with zero attached hydrogens (tertiary/aromatic N) is 2. The number of carbonyl (C=O) groups is 2. The molecule has 0 radical (unpaired) electrons. The molecule has 1 saturated heterocycles. The van der Waals surface area contributed by atoms with Gasteiger partial charge in [-0.2, -0.15) is 0 Å². The Morgan fingerprint density at radius 2 is 2.41 bits per heavy atom. The van der Waals surface area contributed by atoms with Crippen molar-refractivity contribution < 1.29 is 14.7 Å². The summed E-state index contributed by atoms with van der Waals surface area (Å²) in [5.41, 5.74) is 0.444. The van der Waals surface area contributed by atoms with Crippen LogP contribution in [0.4, 0.5) is 5.69 Å². The molecule has 1 fully saturated rings. The molecule has 86 valence electrons. The predicted molar refractivity (Wildman–Crippen MR) is 60.5 cm³/mol. The molecule has 5 heteroatoms. The number of carbonyl (C=O) groups excluding carboxylic acids is 1. The van der Waals surface area contributed by atoms with E-state index in [0.717, 1.165) is 0 Å². The molecule has 1 aliphatic rings. The Balaban J connectivity index is 2.29. The summed E-state index contributed by atoms with van der Waals surface area (Å²) in [5, 5.41) is 8.82. The number of carboxylic acid groups (broad SMARTS) is 1. The van der Waals surface area contributed by atoms with Gasteiger partial charge in [0.05, 0.1) is 0 Å². The molecule has 0 aliphatic carbocycles. The first-order valence-electron chi connectivity index (χ1n) is 5.07.